The molecule has 0 saturated heterocycles. The normalized spacial score (nSPS) is 12.0. The summed E-state index contributed by atoms with van der Waals surface area (Å²) in [5, 5.41) is 17.8. The number of hydrogen-bond acceptors (Lipinski definition) is 7. The third-order valence-electron chi connectivity index (χ3n) is 2.93. The quantitative estimate of drug-likeness (QED) is 0.628. The minimum absolute atomic E-state index is 0.00237. The van der Waals surface area contributed by atoms with Crippen molar-refractivity contribution in [1.82, 2.24) is 9.97 Å². The molecule has 0 spiro atoms. The highest BCUT2D eigenvalue weighted by Crippen LogP contribution is 2.26. The summed E-state index contributed by atoms with van der Waals surface area (Å²) in [6.45, 7) is 4.04. The topological polar surface area (TPSA) is 93.0 Å². The number of nitrogens with zero attached hydrogens (tertiary/aromatic N) is 3. The number of aryl methyl sites for hydroxylation is 1. The van der Waals surface area contributed by atoms with Gasteiger partial charge in [0.05, 0.1) is 23.1 Å². The van der Waals surface area contributed by atoms with Gasteiger partial charge in [0.15, 0.2) is 0 Å². The molecule has 0 fully saturated rings. The van der Waals surface area contributed by atoms with Gasteiger partial charge in [-0.1, -0.05) is 6.92 Å². The fourth-order valence-corrected chi connectivity index (χ4v) is 2.65. The first kappa shape index (κ1) is 15.2. The first-order valence-electron chi connectivity index (χ1n) is 6.58. The van der Waals surface area contributed by atoms with Crippen molar-refractivity contribution < 1.29 is 4.92 Å². The molecule has 2 heterocycles. The van der Waals surface area contributed by atoms with Crippen molar-refractivity contribution in [3.8, 4) is 0 Å². The standard InChI is InChI=1S/C13H17N5O2S/c1-4-10-7-15-13(21-10)8(2)16-12-6-9(18(19)20)5-11(14-3)17-12/h5-8H,4H2,1-3H3,(H2,14,16,17). The predicted octanol–water partition coefficient (Wildman–Crippen LogP) is 3.22. The van der Waals surface area contributed by atoms with E-state index in [1.165, 1.54) is 17.0 Å². The minimum Gasteiger partial charge on any atom is -0.373 e. The lowest BCUT2D eigenvalue weighted by Crippen LogP contribution is -2.09. The molecule has 2 aromatic heterocycles. The van der Waals surface area contributed by atoms with Crippen LogP contribution in [0.3, 0.4) is 0 Å². The number of anilines is 2. The average Bonchev–Trinajstić information content (AvgIpc) is 2.95. The third kappa shape index (κ3) is 3.66. The fraction of sp³-hybridized carbons (Fsp3) is 0.385. The first-order chi connectivity index (χ1) is 10.0. The Labute approximate surface area is 126 Å². The van der Waals surface area contributed by atoms with Gasteiger partial charge in [-0.15, -0.1) is 11.3 Å². The van der Waals surface area contributed by atoms with Gasteiger partial charge in [-0.3, -0.25) is 10.1 Å². The van der Waals surface area contributed by atoms with Crippen LogP contribution in [0.25, 0.3) is 0 Å². The molecule has 0 aliphatic carbocycles. The number of rotatable bonds is 6. The van der Waals surface area contributed by atoms with Crippen LogP contribution in [0.5, 0.6) is 0 Å². The van der Waals surface area contributed by atoms with E-state index in [-0.39, 0.29) is 11.7 Å². The molecule has 0 bridgehead atoms. The lowest BCUT2D eigenvalue weighted by Gasteiger charge is -2.12. The lowest BCUT2D eigenvalue weighted by molar-refractivity contribution is -0.384. The summed E-state index contributed by atoms with van der Waals surface area (Å²) in [6, 6.07) is 2.76. The van der Waals surface area contributed by atoms with Crippen LogP contribution < -0.4 is 10.6 Å². The van der Waals surface area contributed by atoms with E-state index in [4.69, 9.17) is 0 Å². The Balaban J connectivity index is 2.21. The number of thiazole rings is 1. The molecule has 8 heteroatoms. The van der Waals surface area contributed by atoms with E-state index in [0.29, 0.717) is 11.6 Å². The summed E-state index contributed by atoms with van der Waals surface area (Å²) in [6.07, 6.45) is 2.81. The van der Waals surface area contributed by atoms with Crippen molar-refractivity contribution in [2.45, 2.75) is 26.3 Å². The highest BCUT2D eigenvalue weighted by Gasteiger charge is 2.15. The summed E-state index contributed by atoms with van der Waals surface area (Å²) in [5.41, 5.74) is -0.00237. The van der Waals surface area contributed by atoms with E-state index in [9.17, 15) is 10.1 Å². The van der Waals surface area contributed by atoms with Crippen LogP contribution in [0.2, 0.25) is 0 Å². The Hall–Kier alpha value is -2.22. The van der Waals surface area contributed by atoms with Crippen LogP contribution in [0.4, 0.5) is 17.3 Å². The first-order valence-corrected chi connectivity index (χ1v) is 7.40. The molecule has 112 valence electrons. The number of nitrogens with one attached hydrogen (secondary N) is 2. The summed E-state index contributed by atoms with van der Waals surface area (Å²) in [5.74, 6) is 0.904. The SMILES string of the molecule is CCc1cnc(C(C)Nc2cc([N+](=O)[O-])cc(NC)n2)s1. The average molecular weight is 307 g/mol. The Kier molecular flexibility index (Phi) is 4.69. The third-order valence-corrected chi connectivity index (χ3v) is 4.26. The zero-order valence-corrected chi connectivity index (χ0v) is 12.9. The molecule has 0 aromatic carbocycles. The van der Waals surface area contributed by atoms with Crippen LogP contribution >= 0.6 is 11.3 Å². The molecule has 0 saturated carbocycles. The number of nitro groups is 1. The van der Waals surface area contributed by atoms with Gasteiger partial charge < -0.3 is 10.6 Å². The maximum absolute atomic E-state index is 10.9. The molecule has 0 aliphatic heterocycles. The smallest absolute Gasteiger partial charge is 0.276 e. The molecule has 2 rings (SSSR count). The maximum Gasteiger partial charge on any atom is 0.276 e. The van der Waals surface area contributed by atoms with Gasteiger partial charge in [0.25, 0.3) is 5.69 Å². The largest absolute Gasteiger partial charge is 0.373 e. The monoisotopic (exact) mass is 307 g/mol. The van der Waals surface area contributed by atoms with Gasteiger partial charge in [-0.05, 0) is 13.3 Å². The Bertz CT molecular complexity index is 643. The molecule has 2 aromatic rings. The second-order valence-electron chi connectivity index (χ2n) is 4.49. The van der Waals surface area contributed by atoms with Crippen molar-refractivity contribution in [3.05, 3.63) is 38.3 Å². The zero-order chi connectivity index (χ0) is 15.4. The van der Waals surface area contributed by atoms with E-state index in [0.717, 1.165) is 11.4 Å². The molecular formula is C13H17N5O2S. The molecule has 1 atom stereocenters. The highest BCUT2D eigenvalue weighted by molar-refractivity contribution is 7.11. The molecule has 2 N–H and O–H groups in total. The molecule has 21 heavy (non-hydrogen) atoms. The summed E-state index contributed by atoms with van der Waals surface area (Å²) >= 11 is 1.63. The number of pyridine rings is 1. The lowest BCUT2D eigenvalue weighted by atomic mass is 10.3. The van der Waals surface area contributed by atoms with Crippen molar-refractivity contribution in [2.75, 3.05) is 17.7 Å². The van der Waals surface area contributed by atoms with Crippen LogP contribution in [-0.4, -0.2) is 21.9 Å². The molecule has 7 nitrogen and oxygen atoms in total. The van der Waals surface area contributed by atoms with Crippen LogP contribution in [0.15, 0.2) is 18.3 Å². The summed E-state index contributed by atoms with van der Waals surface area (Å²) < 4.78 is 0. The van der Waals surface area contributed by atoms with E-state index in [2.05, 4.69) is 27.5 Å². The van der Waals surface area contributed by atoms with Gasteiger partial charge >= 0.3 is 0 Å². The Morgan fingerprint density at radius 1 is 1.43 bits per heavy atom. The highest BCUT2D eigenvalue weighted by atomic mass is 32.1. The van der Waals surface area contributed by atoms with Gasteiger partial charge in [-0.25, -0.2) is 9.97 Å². The predicted molar refractivity (Wildman–Crippen MR) is 84.0 cm³/mol. The van der Waals surface area contributed by atoms with E-state index < -0.39 is 4.92 Å². The fourth-order valence-electron chi connectivity index (χ4n) is 1.79. The van der Waals surface area contributed by atoms with Crippen LogP contribution in [0.1, 0.15) is 29.8 Å². The molecule has 0 amide bonds. The maximum atomic E-state index is 10.9. The molecule has 0 aliphatic rings. The van der Waals surface area contributed by atoms with Gasteiger partial charge in [0.1, 0.15) is 16.6 Å². The van der Waals surface area contributed by atoms with E-state index in [1.54, 1.807) is 18.4 Å². The number of aromatic nitrogens is 2. The van der Waals surface area contributed by atoms with Crippen molar-refractivity contribution in [3.63, 3.8) is 0 Å². The van der Waals surface area contributed by atoms with Gasteiger partial charge in [0, 0.05) is 18.1 Å². The zero-order valence-electron chi connectivity index (χ0n) is 12.1. The van der Waals surface area contributed by atoms with Crippen LogP contribution in [0, 0.1) is 10.1 Å². The van der Waals surface area contributed by atoms with E-state index >= 15 is 0 Å². The number of hydrogen-bond donors (Lipinski definition) is 2. The van der Waals surface area contributed by atoms with Gasteiger partial charge in [0.2, 0.25) is 0 Å². The van der Waals surface area contributed by atoms with Crippen LogP contribution in [-0.2, 0) is 6.42 Å². The molecule has 1 unspecified atom stereocenters. The van der Waals surface area contributed by atoms with Gasteiger partial charge in [-0.2, -0.15) is 0 Å². The summed E-state index contributed by atoms with van der Waals surface area (Å²) in [7, 11) is 1.67. The second kappa shape index (κ2) is 6.49. The van der Waals surface area contributed by atoms with E-state index in [1.807, 2.05) is 13.1 Å². The second-order valence-corrected chi connectivity index (χ2v) is 5.63. The van der Waals surface area contributed by atoms with Crippen molar-refractivity contribution in [1.29, 1.82) is 0 Å². The van der Waals surface area contributed by atoms with Crippen molar-refractivity contribution in [2.24, 2.45) is 0 Å². The Morgan fingerprint density at radius 3 is 2.71 bits per heavy atom. The molecule has 0 radical (unpaired) electrons. The Morgan fingerprint density at radius 2 is 2.14 bits per heavy atom. The minimum atomic E-state index is -0.434. The molecular weight excluding hydrogens is 290 g/mol. The van der Waals surface area contributed by atoms with Crippen molar-refractivity contribution >= 4 is 28.7 Å². The summed E-state index contributed by atoms with van der Waals surface area (Å²) in [4.78, 5) is 20.3.